The molecule has 0 saturated heterocycles. The first-order chi connectivity index (χ1) is 12.1. The van der Waals surface area contributed by atoms with E-state index in [1.807, 2.05) is 19.1 Å². The van der Waals surface area contributed by atoms with E-state index in [2.05, 4.69) is 21.4 Å². The van der Waals surface area contributed by atoms with Crippen LogP contribution in [0.3, 0.4) is 0 Å². The standard InChI is InChI=1S/C19H16N4O2.ClH/c1-3-25-19(24)16-11-21-18-15(9-4-12(2)22-18)17(16)23-14-7-5-13(10-20)6-8-14;/h4-9,11H,3H2,1-2H3,(H,21,22,23);1H. The van der Waals surface area contributed by atoms with E-state index in [0.717, 1.165) is 16.8 Å². The Balaban J connectivity index is 0.00000243. The summed E-state index contributed by atoms with van der Waals surface area (Å²) >= 11 is 0. The third-order valence-corrected chi connectivity index (χ3v) is 3.65. The molecule has 1 N–H and O–H groups in total. The second kappa shape index (κ2) is 8.28. The van der Waals surface area contributed by atoms with E-state index in [1.165, 1.54) is 6.20 Å². The van der Waals surface area contributed by atoms with Gasteiger partial charge in [-0.1, -0.05) is 0 Å². The number of esters is 1. The Morgan fingerprint density at radius 2 is 1.96 bits per heavy atom. The predicted octanol–water partition coefficient (Wildman–Crippen LogP) is 4.15. The number of anilines is 2. The average molecular weight is 369 g/mol. The highest BCUT2D eigenvalue weighted by Crippen LogP contribution is 2.29. The minimum atomic E-state index is -0.450. The van der Waals surface area contributed by atoms with Crippen molar-refractivity contribution in [3.05, 3.63) is 59.4 Å². The molecular weight excluding hydrogens is 352 g/mol. The number of nitriles is 1. The molecule has 0 bridgehead atoms. The first kappa shape index (κ1) is 19.2. The van der Waals surface area contributed by atoms with Gasteiger partial charge < -0.3 is 10.1 Å². The van der Waals surface area contributed by atoms with Crippen LogP contribution in [0.4, 0.5) is 11.4 Å². The molecule has 6 nitrogen and oxygen atoms in total. The van der Waals surface area contributed by atoms with Gasteiger partial charge in [-0.25, -0.2) is 14.8 Å². The van der Waals surface area contributed by atoms with Crippen LogP contribution in [0.15, 0.2) is 42.6 Å². The molecule has 26 heavy (non-hydrogen) atoms. The number of nitrogens with one attached hydrogen (secondary N) is 1. The smallest absolute Gasteiger partial charge is 0.341 e. The van der Waals surface area contributed by atoms with Crippen LogP contribution in [-0.2, 0) is 4.74 Å². The minimum Gasteiger partial charge on any atom is -0.462 e. The summed E-state index contributed by atoms with van der Waals surface area (Å²) in [4.78, 5) is 21.0. The summed E-state index contributed by atoms with van der Waals surface area (Å²) in [6, 6.07) is 12.8. The third-order valence-electron chi connectivity index (χ3n) is 3.65. The fourth-order valence-electron chi connectivity index (χ4n) is 2.44. The fraction of sp³-hybridized carbons (Fsp3) is 0.158. The van der Waals surface area contributed by atoms with E-state index in [0.29, 0.717) is 22.5 Å². The van der Waals surface area contributed by atoms with E-state index in [4.69, 9.17) is 10.00 Å². The average Bonchev–Trinajstić information content (AvgIpc) is 2.62. The highest BCUT2D eigenvalue weighted by atomic mass is 35.5. The molecule has 1 aromatic carbocycles. The van der Waals surface area contributed by atoms with Crippen molar-refractivity contribution in [3.63, 3.8) is 0 Å². The highest BCUT2D eigenvalue weighted by molar-refractivity contribution is 6.05. The van der Waals surface area contributed by atoms with Crippen molar-refractivity contribution < 1.29 is 9.53 Å². The van der Waals surface area contributed by atoms with Crippen molar-refractivity contribution in [2.45, 2.75) is 13.8 Å². The normalized spacial score (nSPS) is 9.88. The Kier molecular flexibility index (Phi) is 6.10. The van der Waals surface area contributed by atoms with Crippen molar-refractivity contribution in [1.82, 2.24) is 9.97 Å². The number of carbonyl (C=O) groups is 1. The fourth-order valence-corrected chi connectivity index (χ4v) is 2.44. The van der Waals surface area contributed by atoms with Crippen molar-refractivity contribution in [1.29, 1.82) is 5.26 Å². The minimum absolute atomic E-state index is 0. The van der Waals surface area contributed by atoms with E-state index < -0.39 is 5.97 Å². The monoisotopic (exact) mass is 368 g/mol. The molecular formula is C19H17ClN4O2. The number of fused-ring (bicyclic) bond motifs is 1. The van der Waals surface area contributed by atoms with Gasteiger partial charge in [-0.2, -0.15) is 5.26 Å². The van der Waals surface area contributed by atoms with Crippen LogP contribution in [0.2, 0.25) is 0 Å². The van der Waals surface area contributed by atoms with E-state index in [1.54, 1.807) is 31.2 Å². The van der Waals surface area contributed by atoms with Crippen LogP contribution < -0.4 is 5.32 Å². The van der Waals surface area contributed by atoms with Gasteiger partial charge >= 0.3 is 5.97 Å². The Labute approximate surface area is 157 Å². The molecule has 2 heterocycles. The van der Waals surface area contributed by atoms with Gasteiger partial charge in [0.15, 0.2) is 5.65 Å². The van der Waals surface area contributed by atoms with Gasteiger partial charge in [0.1, 0.15) is 5.56 Å². The largest absolute Gasteiger partial charge is 0.462 e. The number of carbonyl (C=O) groups excluding carboxylic acids is 1. The van der Waals surface area contributed by atoms with E-state index >= 15 is 0 Å². The Morgan fingerprint density at radius 1 is 1.23 bits per heavy atom. The van der Waals surface area contributed by atoms with Crippen molar-refractivity contribution in [2.75, 3.05) is 11.9 Å². The second-order valence-corrected chi connectivity index (χ2v) is 5.41. The van der Waals surface area contributed by atoms with Gasteiger partial charge in [0.25, 0.3) is 0 Å². The lowest BCUT2D eigenvalue weighted by Crippen LogP contribution is -2.09. The number of nitrogens with zero attached hydrogens (tertiary/aromatic N) is 3. The van der Waals surface area contributed by atoms with Gasteiger partial charge in [-0.15, -0.1) is 12.4 Å². The number of aromatic nitrogens is 2. The lowest BCUT2D eigenvalue weighted by atomic mass is 10.1. The summed E-state index contributed by atoms with van der Waals surface area (Å²) in [5.41, 5.74) is 3.62. The lowest BCUT2D eigenvalue weighted by Gasteiger charge is -2.14. The third kappa shape index (κ3) is 3.90. The van der Waals surface area contributed by atoms with Gasteiger partial charge in [-0.05, 0) is 50.2 Å². The number of benzene rings is 1. The molecule has 2 aromatic heterocycles. The molecule has 0 unspecified atom stereocenters. The molecule has 3 rings (SSSR count). The number of ether oxygens (including phenoxy) is 1. The zero-order valence-corrected chi connectivity index (χ0v) is 15.1. The van der Waals surface area contributed by atoms with Gasteiger partial charge in [-0.3, -0.25) is 0 Å². The number of aryl methyl sites for hydroxylation is 1. The zero-order valence-electron chi connectivity index (χ0n) is 14.3. The van der Waals surface area contributed by atoms with E-state index in [-0.39, 0.29) is 19.0 Å². The summed E-state index contributed by atoms with van der Waals surface area (Å²) in [5.74, 6) is -0.450. The summed E-state index contributed by atoms with van der Waals surface area (Å²) < 4.78 is 5.13. The maximum Gasteiger partial charge on any atom is 0.341 e. The van der Waals surface area contributed by atoms with Crippen molar-refractivity contribution in [2.24, 2.45) is 0 Å². The molecule has 0 radical (unpaired) electrons. The molecule has 0 amide bonds. The summed E-state index contributed by atoms with van der Waals surface area (Å²) in [7, 11) is 0. The summed E-state index contributed by atoms with van der Waals surface area (Å²) in [5, 5.41) is 12.9. The molecule has 3 aromatic rings. The highest BCUT2D eigenvalue weighted by Gasteiger charge is 2.17. The van der Waals surface area contributed by atoms with Crippen LogP contribution in [0.5, 0.6) is 0 Å². The number of hydrogen-bond acceptors (Lipinski definition) is 6. The van der Waals surface area contributed by atoms with E-state index in [9.17, 15) is 4.79 Å². The van der Waals surface area contributed by atoms with Crippen LogP contribution in [0.25, 0.3) is 11.0 Å². The second-order valence-electron chi connectivity index (χ2n) is 5.41. The number of pyridine rings is 2. The Bertz CT molecular complexity index is 981. The first-order valence-corrected chi connectivity index (χ1v) is 7.83. The molecule has 0 spiro atoms. The molecule has 0 saturated carbocycles. The Morgan fingerprint density at radius 3 is 2.62 bits per heavy atom. The quantitative estimate of drug-likeness (QED) is 0.696. The first-order valence-electron chi connectivity index (χ1n) is 7.83. The zero-order chi connectivity index (χ0) is 17.8. The maximum absolute atomic E-state index is 12.3. The molecule has 0 fully saturated rings. The molecule has 132 valence electrons. The molecule has 7 heteroatoms. The molecule has 0 aliphatic heterocycles. The van der Waals surface area contributed by atoms with Crippen LogP contribution in [-0.4, -0.2) is 22.5 Å². The van der Waals surface area contributed by atoms with Crippen LogP contribution >= 0.6 is 12.4 Å². The Hall–Kier alpha value is -3.17. The predicted molar refractivity (Wildman–Crippen MR) is 102 cm³/mol. The van der Waals surface area contributed by atoms with Gasteiger partial charge in [0.2, 0.25) is 0 Å². The molecule has 0 aliphatic rings. The van der Waals surface area contributed by atoms with Gasteiger partial charge in [0.05, 0.1) is 23.9 Å². The molecule has 0 aliphatic carbocycles. The van der Waals surface area contributed by atoms with Crippen molar-refractivity contribution >= 4 is 40.8 Å². The summed E-state index contributed by atoms with van der Waals surface area (Å²) in [6.45, 7) is 3.92. The van der Waals surface area contributed by atoms with Crippen molar-refractivity contribution in [3.8, 4) is 6.07 Å². The van der Waals surface area contributed by atoms with Gasteiger partial charge in [0, 0.05) is 23.0 Å². The topological polar surface area (TPSA) is 87.9 Å². The number of halogens is 1. The number of hydrogen-bond donors (Lipinski definition) is 1. The SMILES string of the molecule is CCOC(=O)c1cnc2nc(C)ccc2c1Nc1ccc(C#N)cc1.Cl. The lowest BCUT2D eigenvalue weighted by molar-refractivity contribution is 0.0527. The van der Waals surface area contributed by atoms with Crippen LogP contribution in [0.1, 0.15) is 28.5 Å². The maximum atomic E-state index is 12.3. The summed E-state index contributed by atoms with van der Waals surface area (Å²) in [6.07, 6.45) is 1.47. The molecule has 0 atom stereocenters. The number of rotatable bonds is 4. The van der Waals surface area contributed by atoms with Crippen LogP contribution in [0, 0.1) is 18.3 Å².